The van der Waals surface area contributed by atoms with Crippen molar-refractivity contribution in [2.24, 2.45) is 23.7 Å². The van der Waals surface area contributed by atoms with E-state index in [0.29, 0.717) is 37.7 Å². The zero-order valence-corrected chi connectivity index (χ0v) is 32.7. The largest absolute Gasteiger partial charge is 0.481 e. The van der Waals surface area contributed by atoms with Crippen molar-refractivity contribution in [1.82, 2.24) is 20.1 Å². The van der Waals surface area contributed by atoms with E-state index in [2.05, 4.69) is 24.1 Å². The third-order valence-corrected chi connectivity index (χ3v) is 11.8. The first-order valence-corrected chi connectivity index (χ1v) is 20.0. The Balaban J connectivity index is 1.50. The quantitative estimate of drug-likeness (QED) is 0.177. The Labute approximate surface area is 313 Å². The highest BCUT2D eigenvalue weighted by atomic mass is 32.1. The van der Waals surface area contributed by atoms with Crippen LogP contribution in [0.3, 0.4) is 0 Å². The molecule has 1 aromatic carbocycles. The summed E-state index contributed by atoms with van der Waals surface area (Å²) in [5, 5.41) is 15.0. The van der Waals surface area contributed by atoms with Crippen LogP contribution in [-0.2, 0) is 30.3 Å². The van der Waals surface area contributed by atoms with Crippen molar-refractivity contribution < 1.29 is 33.8 Å². The Hall–Kier alpha value is -3.19. The molecule has 0 aliphatic carbocycles. The Bertz CT molecular complexity index is 1450. The van der Waals surface area contributed by atoms with E-state index in [1.54, 1.807) is 12.3 Å². The first-order chi connectivity index (χ1) is 24.9. The van der Waals surface area contributed by atoms with E-state index in [0.717, 1.165) is 44.2 Å². The Kier molecular flexibility index (Phi) is 16.2. The van der Waals surface area contributed by atoms with Crippen molar-refractivity contribution in [2.45, 2.75) is 110 Å². The van der Waals surface area contributed by atoms with Gasteiger partial charge in [0.15, 0.2) is 5.78 Å². The number of benzene rings is 1. The van der Waals surface area contributed by atoms with Crippen molar-refractivity contribution >= 4 is 34.9 Å². The predicted octanol–water partition coefficient (Wildman–Crippen LogP) is 6.03. The topological polar surface area (TPSA) is 138 Å². The highest BCUT2D eigenvalue weighted by Crippen LogP contribution is 2.34. The van der Waals surface area contributed by atoms with Gasteiger partial charge in [0.25, 0.3) is 5.91 Å². The summed E-state index contributed by atoms with van der Waals surface area (Å²) >= 11 is 1.35. The number of piperidine rings is 1. The van der Waals surface area contributed by atoms with Crippen LogP contribution in [0.15, 0.2) is 35.7 Å². The van der Waals surface area contributed by atoms with Gasteiger partial charge in [0.05, 0.1) is 12.0 Å². The lowest BCUT2D eigenvalue weighted by Gasteiger charge is -2.39. The summed E-state index contributed by atoms with van der Waals surface area (Å²) in [6.45, 7) is 10.3. The summed E-state index contributed by atoms with van der Waals surface area (Å²) in [6.07, 6.45) is 5.53. The third-order valence-electron chi connectivity index (χ3n) is 10.9. The fraction of sp³-hybridized carbons (Fsp3) is 0.675. The molecule has 2 fully saturated rings. The number of thiazole rings is 1. The number of likely N-dealkylation sites (tertiary alicyclic amines) is 1. The average molecular weight is 741 g/mol. The number of nitrogens with zero attached hydrogens (tertiary/aromatic N) is 3. The number of rotatable bonds is 19. The van der Waals surface area contributed by atoms with E-state index < -0.39 is 30.0 Å². The number of hydrogen-bond donors (Lipinski definition) is 2. The van der Waals surface area contributed by atoms with E-state index in [1.165, 1.54) is 11.3 Å². The second-order valence-corrected chi connectivity index (χ2v) is 16.0. The van der Waals surface area contributed by atoms with Gasteiger partial charge in [0, 0.05) is 63.1 Å². The highest BCUT2D eigenvalue weighted by molar-refractivity contribution is 7.09. The second-order valence-electron chi connectivity index (χ2n) is 15.1. The number of aromatic nitrogens is 1. The molecule has 11 nitrogen and oxygen atoms in total. The molecule has 288 valence electrons. The molecular weight excluding hydrogens is 681 g/mol. The molecule has 0 unspecified atom stereocenters. The number of aliphatic carboxylic acids is 1. The predicted molar refractivity (Wildman–Crippen MR) is 202 cm³/mol. The van der Waals surface area contributed by atoms with Crippen LogP contribution in [0, 0.1) is 23.7 Å². The van der Waals surface area contributed by atoms with Crippen LogP contribution in [0.2, 0.25) is 0 Å². The fourth-order valence-corrected chi connectivity index (χ4v) is 8.65. The molecule has 52 heavy (non-hydrogen) atoms. The van der Waals surface area contributed by atoms with Gasteiger partial charge in [-0.2, -0.15) is 0 Å². The minimum absolute atomic E-state index is 0.00749. The maximum atomic E-state index is 14.5. The van der Waals surface area contributed by atoms with E-state index >= 15 is 0 Å². The standard InChI is InChI=1S/C40H60N4O7S/c1-7-51-36(38-42-32(25-52-38)37(46)41-30(21-27(4)40(48)49)22-28-13-9-8-10-14-28)24-34(26(2)3)44(6)39(47)31(29-16-19-50-20-17-29)23-35(45)33-15-11-12-18-43(33)5/h8-10,13-14,25-27,29-31,33-34,36H,7,11-12,15-24H2,1-6H3,(H,41,46)(H,48,49)/t27-,30+,31-,33+,34+,36+/m0/s1. The van der Waals surface area contributed by atoms with Crippen molar-refractivity contribution in [1.29, 1.82) is 0 Å². The molecule has 6 atom stereocenters. The number of nitrogens with one attached hydrogen (secondary N) is 1. The average Bonchev–Trinajstić information content (AvgIpc) is 3.63. The summed E-state index contributed by atoms with van der Waals surface area (Å²) in [5.74, 6) is -1.99. The summed E-state index contributed by atoms with van der Waals surface area (Å²) in [5.41, 5.74) is 1.26. The number of likely N-dealkylation sites (N-methyl/N-ethyl adjacent to an activating group) is 1. The van der Waals surface area contributed by atoms with Crippen LogP contribution in [0.1, 0.15) is 106 Å². The molecule has 0 bridgehead atoms. The Morgan fingerprint density at radius 1 is 1.08 bits per heavy atom. The normalized spacial score (nSPS) is 20.1. The summed E-state index contributed by atoms with van der Waals surface area (Å²) in [4.78, 5) is 62.1. The molecule has 2 N–H and O–H groups in total. The van der Waals surface area contributed by atoms with Gasteiger partial charge in [-0.05, 0) is 76.4 Å². The first-order valence-electron chi connectivity index (χ1n) is 19.1. The van der Waals surface area contributed by atoms with Crippen LogP contribution in [-0.4, -0.2) is 102 Å². The number of carbonyl (C=O) groups excluding carboxylic acids is 3. The lowest BCUT2D eigenvalue weighted by molar-refractivity contribution is -0.145. The fourth-order valence-electron chi connectivity index (χ4n) is 7.79. The van der Waals surface area contributed by atoms with Crippen LogP contribution in [0.4, 0.5) is 0 Å². The van der Waals surface area contributed by atoms with Gasteiger partial charge in [-0.15, -0.1) is 11.3 Å². The smallest absolute Gasteiger partial charge is 0.306 e. The van der Waals surface area contributed by atoms with Crippen molar-refractivity contribution in [3.05, 3.63) is 52.0 Å². The molecule has 12 heteroatoms. The minimum atomic E-state index is -0.909. The third kappa shape index (κ3) is 11.7. The summed E-state index contributed by atoms with van der Waals surface area (Å²) in [6, 6.07) is 8.96. The molecule has 2 amide bonds. The van der Waals surface area contributed by atoms with Gasteiger partial charge in [-0.1, -0.05) is 57.5 Å². The number of carbonyl (C=O) groups is 4. The van der Waals surface area contributed by atoms with E-state index in [9.17, 15) is 24.3 Å². The molecule has 3 heterocycles. The van der Waals surface area contributed by atoms with E-state index in [1.807, 2.05) is 56.3 Å². The zero-order chi connectivity index (χ0) is 37.8. The van der Waals surface area contributed by atoms with Gasteiger partial charge in [0.2, 0.25) is 5.91 Å². The minimum Gasteiger partial charge on any atom is -0.481 e. The Morgan fingerprint density at radius 2 is 1.79 bits per heavy atom. The summed E-state index contributed by atoms with van der Waals surface area (Å²) < 4.78 is 11.9. The number of hydrogen-bond acceptors (Lipinski definition) is 9. The Morgan fingerprint density at radius 3 is 2.42 bits per heavy atom. The molecule has 2 saturated heterocycles. The monoisotopic (exact) mass is 740 g/mol. The SMILES string of the molecule is CCO[C@H](C[C@H](C(C)C)N(C)C(=O)[C@@H](CC(=O)[C@H]1CCCCN1C)C1CCOCC1)c1nc(C(=O)N[C@@H](Cc2ccccc2)C[C@H](C)C(=O)O)cs1. The first kappa shape index (κ1) is 41.6. The molecule has 2 aliphatic rings. The number of amides is 2. The molecule has 2 aromatic rings. The van der Waals surface area contributed by atoms with E-state index in [-0.39, 0.29) is 60.1 Å². The number of carboxylic acid groups (broad SMARTS) is 1. The highest BCUT2D eigenvalue weighted by Gasteiger charge is 2.39. The zero-order valence-electron chi connectivity index (χ0n) is 31.9. The lowest BCUT2D eigenvalue weighted by Crippen LogP contribution is -2.49. The number of Topliss-reactive ketones (excluding diaryl/α,β-unsaturated/α-hetero) is 1. The van der Waals surface area contributed by atoms with Crippen LogP contribution in [0.25, 0.3) is 0 Å². The van der Waals surface area contributed by atoms with Crippen LogP contribution in [0.5, 0.6) is 0 Å². The van der Waals surface area contributed by atoms with Gasteiger partial charge < -0.3 is 24.8 Å². The van der Waals surface area contributed by atoms with Gasteiger partial charge in [0.1, 0.15) is 16.8 Å². The van der Waals surface area contributed by atoms with Crippen molar-refractivity contribution in [2.75, 3.05) is 40.5 Å². The van der Waals surface area contributed by atoms with Crippen molar-refractivity contribution in [3.63, 3.8) is 0 Å². The molecule has 4 rings (SSSR count). The molecule has 0 radical (unpaired) electrons. The van der Waals surface area contributed by atoms with E-state index in [4.69, 9.17) is 14.5 Å². The van der Waals surface area contributed by atoms with Gasteiger partial charge in [-0.3, -0.25) is 24.1 Å². The lowest BCUT2D eigenvalue weighted by atomic mass is 9.79. The van der Waals surface area contributed by atoms with Gasteiger partial charge in [-0.25, -0.2) is 4.98 Å². The van der Waals surface area contributed by atoms with Crippen LogP contribution < -0.4 is 5.32 Å². The molecule has 2 aliphatic heterocycles. The maximum absolute atomic E-state index is 14.5. The van der Waals surface area contributed by atoms with Crippen LogP contribution >= 0.6 is 11.3 Å². The number of ether oxygens (including phenoxy) is 2. The van der Waals surface area contributed by atoms with Crippen molar-refractivity contribution in [3.8, 4) is 0 Å². The maximum Gasteiger partial charge on any atom is 0.306 e. The second kappa shape index (κ2) is 20.3. The molecular formula is C40H60N4O7S. The molecule has 0 saturated carbocycles. The summed E-state index contributed by atoms with van der Waals surface area (Å²) in [7, 11) is 3.86. The number of ketones is 1. The number of carboxylic acids is 1. The molecule has 1 aromatic heterocycles. The van der Waals surface area contributed by atoms with Gasteiger partial charge >= 0.3 is 5.97 Å². The molecule has 0 spiro atoms.